The Morgan fingerprint density at radius 3 is 1.39 bits per heavy atom. The number of rotatable bonds is 6. The van der Waals surface area contributed by atoms with Crippen LogP contribution in [0.2, 0.25) is 0 Å². The first kappa shape index (κ1) is 32.0. The van der Waals surface area contributed by atoms with Crippen molar-refractivity contribution in [3.05, 3.63) is 218 Å². The second-order valence-electron chi connectivity index (χ2n) is 14.5. The number of hydrogen-bond acceptors (Lipinski definition) is 1. The first-order valence-electron chi connectivity index (χ1n) is 19.3. The van der Waals surface area contributed by atoms with Crippen LogP contribution in [0.5, 0.6) is 0 Å². The van der Waals surface area contributed by atoms with Crippen LogP contribution in [-0.4, -0.2) is 4.57 Å². The summed E-state index contributed by atoms with van der Waals surface area (Å²) >= 11 is 0. The molecular formula is C54H36N2. The third-order valence-corrected chi connectivity index (χ3v) is 11.4. The molecule has 10 aromatic carbocycles. The summed E-state index contributed by atoms with van der Waals surface area (Å²) in [5, 5.41) is 9.92. The first-order chi connectivity index (χ1) is 27.8. The van der Waals surface area contributed by atoms with Gasteiger partial charge in [0, 0.05) is 33.2 Å². The third kappa shape index (κ3) is 5.19. The molecule has 1 heterocycles. The van der Waals surface area contributed by atoms with Gasteiger partial charge in [0.15, 0.2) is 0 Å². The van der Waals surface area contributed by atoms with Gasteiger partial charge >= 0.3 is 0 Å². The molecule has 0 spiro atoms. The highest BCUT2D eigenvalue weighted by atomic mass is 15.1. The fourth-order valence-corrected chi connectivity index (χ4v) is 8.80. The lowest BCUT2D eigenvalue weighted by Gasteiger charge is -2.27. The number of nitrogens with zero attached hydrogens (tertiary/aromatic N) is 2. The van der Waals surface area contributed by atoms with Gasteiger partial charge in [0.25, 0.3) is 0 Å². The van der Waals surface area contributed by atoms with Gasteiger partial charge in [0.1, 0.15) is 0 Å². The van der Waals surface area contributed by atoms with Crippen molar-refractivity contribution in [2.24, 2.45) is 0 Å². The molecule has 2 heteroatoms. The quantitative estimate of drug-likeness (QED) is 0.167. The number of aromatic nitrogens is 1. The molecule has 0 aliphatic rings. The zero-order valence-electron chi connectivity index (χ0n) is 30.7. The predicted molar refractivity (Wildman–Crippen MR) is 239 cm³/mol. The van der Waals surface area contributed by atoms with Gasteiger partial charge in [-0.15, -0.1) is 0 Å². The predicted octanol–water partition coefficient (Wildman–Crippen LogP) is 15.0. The maximum Gasteiger partial charge on any atom is 0.0620 e. The van der Waals surface area contributed by atoms with Crippen molar-refractivity contribution < 1.29 is 0 Å². The van der Waals surface area contributed by atoms with Crippen LogP contribution in [0.1, 0.15) is 0 Å². The molecule has 0 saturated carbocycles. The third-order valence-electron chi connectivity index (χ3n) is 11.4. The van der Waals surface area contributed by atoms with Crippen LogP contribution in [0.3, 0.4) is 0 Å². The van der Waals surface area contributed by atoms with Crippen molar-refractivity contribution in [3.63, 3.8) is 0 Å². The smallest absolute Gasteiger partial charge is 0.0620 e. The SMILES string of the molecule is c1ccc(-n2c3cccc(N(c4ccc(-c5cccc6ccccc56)cc4)c4ccc(-c5cccc6ccccc56)cc4)c3c3ccc4ccccc4c32)cc1. The summed E-state index contributed by atoms with van der Waals surface area (Å²) in [6.07, 6.45) is 0. The number of para-hydroxylation sites is 1. The van der Waals surface area contributed by atoms with Crippen molar-refractivity contribution in [1.29, 1.82) is 0 Å². The lowest BCUT2D eigenvalue weighted by Crippen LogP contribution is -2.10. The Kier molecular flexibility index (Phi) is 7.53. The molecule has 1 aromatic heterocycles. The van der Waals surface area contributed by atoms with Crippen LogP contribution in [-0.2, 0) is 0 Å². The van der Waals surface area contributed by atoms with Crippen LogP contribution in [0.4, 0.5) is 17.1 Å². The molecule has 0 bridgehead atoms. The summed E-state index contributed by atoms with van der Waals surface area (Å²) in [5.74, 6) is 0. The van der Waals surface area contributed by atoms with Crippen molar-refractivity contribution >= 4 is 71.2 Å². The molecule has 0 amide bonds. The largest absolute Gasteiger partial charge is 0.310 e. The Labute approximate surface area is 325 Å². The van der Waals surface area contributed by atoms with Crippen molar-refractivity contribution in [1.82, 2.24) is 4.57 Å². The molecule has 0 fully saturated rings. The van der Waals surface area contributed by atoms with Gasteiger partial charge in [-0.2, -0.15) is 0 Å². The summed E-state index contributed by atoms with van der Waals surface area (Å²) in [7, 11) is 0. The molecule has 2 nitrogen and oxygen atoms in total. The van der Waals surface area contributed by atoms with E-state index < -0.39 is 0 Å². The molecule has 11 rings (SSSR count). The van der Waals surface area contributed by atoms with E-state index in [1.54, 1.807) is 0 Å². The van der Waals surface area contributed by atoms with E-state index >= 15 is 0 Å². The fourth-order valence-electron chi connectivity index (χ4n) is 8.80. The average molecular weight is 713 g/mol. The zero-order chi connectivity index (χ0) is 37.0. The molecule has 0 aliphatic heterocycles. The van der Waals surface area contributed by atoms with Gasteiger partial charge in [-0.05, 0) is 97.7 Å². The Balaban J connectivity index is 1.15. The zero-order valence-corrected chi connectivity index (χ0v) is 30.7. The van der Waals surface area contributed by atoms with E-state index in [9.17, 15) is 0 Å². The van der Waals surface area contributed by atoms with Crippen LogP contribution >= 0.6 is 0 Å². The number of fused-ring (bicyclic) bond motifs is 7. The highest BCUT2D eigenvalue weighted by Crippen LogP contribution is 2.46. The van der Waals surface area contributed by atoms with Gasteiger partial charge in [0.05, 0.1) is 16.7 Å². The van der Waals surface area contributed by atoms with E-state index in [4.69, 9.17) is 0 Å². The molecule has 0 aliphatic carbocycles. The van der Waals surface area contributed by atoms with Crippen LogP contribution in [0.15, 0.2) is 218 Å². The summed E-state index contributed by atoms with van der Waals surface area (Å²) in [4.78, 5) is 2.44. The molecule has 262 valence electrons. The topological polar surface area (TPSA) is 8.17 Å². The van der Waals surface area contributed by atoms with E-state index in [2.05, 4.69) is 228 Å². The number of anilines is 3. The van der Waals surface area contributed by atoms with Crippen molar-refractivity contribution in [2.75, 3.05) is 4.90 Å². The summed E-state index contributed by atoms with van der Waals surface area (Å²) in [6, 6.07) is 79.5. The standard InChI is InChI=1S/C54H36N2/c1-2-18-42(19-3-1)56-52-26-12-25-51(53(52)50-36-31-39-15-6-9-22-49(39)54(50)56)55(43-32-27-40(28-33-43)47-23-10-16-37-13-4-7-20-45(37)47)44-34-29-41(30-35-44)48-24-11-17-38-14-5-8-21-46(38)48/h1-36H. The fraction of sp³-hybridized carbons (Fsp3) is 0. The Bertz CT molecular complexity index is 3100. The van der Waals surface area contributed by atoms with E-state index in [1.807, 2.05) is 0 Å². The normalized spacial score (nSPS) is 11.6. The molecular weight excluding hydrogens is 677 g/mol. The molecule has 0 unspecified atom stereocenters. The minimum Gasteiger partial charge on any atom is -0.310 e. The molecule has 0 radical (unpaired) electrons. The molecule has 0 saturated heterocycles. The molecule has 0 atom stereocenters. The number of benzene rings is 10. The summed E-state index contributed by atoms with van der Waals surface area (Å²) in [6.45, 7) is 0. The van der Waals surface area contributed by atoms with Crippen molar-refractivity contribution in [2.45, 2.75) is 0 Å². The van der Waals surface area contributed by atoms with Crippen LogP contribution in [0.25, 0.3) is 82.1 Å². The second-order valence-corrected chi connectivity index (χ2v) is 14.5. The van der Waals surface area contributed by atoms with Gasteiger partial charge < -0.3 is 9.47 Å². The molecule has 0 N–H and O–H groups in total. The summed E-state index contributed by atoms with van der Waals surface area (Å²) in [5.41, 5.74) is 11.7. The van der Waals surface area contributed by atoms with Gasteiger partial charge in [0.2, 0.25) is 0 Å². The van der Waals surface area contributed by atoms with Crippen LogP contribution < -0.4 is 4.90 Å². The Morgan fingerprint density at radius 1 is 0.321 bits per heavy atom. The summed E-state index contributed by atoms with van der Waals surface area (Å²) < 4.78 is 2.45. The van der Waals surface area contributed by atoms with E-state index in [0.29, 0.717) is 0 Å². The molecule has 11 aromatic rings. The van der Waals surface area contributed by atoms with Crippen molar-refractivity contribution in [3.8, 4) is 27.9 Å². The number of hydrogen-bond donors (Lipinski definition) is 0. The van der Waals surface area contributed by atoms with Gasteiger partial charge in [-0.3, -0.25) is 0 Å². The minimum absolute atomic E-state index is 1.10. The monoisotopic (exact) mass is 712 g/mol. The van der Waals surface area contributed by atoms with Gasteiger partial charge in [-0.25, -0.2) is 0 Å². The van der Waals surface area contributed by atoms with Crippen LogP contribution in [0, 0.1) is 0 Å². The van der Waals surface area contributed by atoms with E-state index in [-0.39, 0.29) is 0 Å². The maximum absolute atomic E-state index is 2.45. The highest BCUT2D eigenvalue weighted by Gasteiger charge is 2.22. The Hall–Kier alpha value is -7.42. The Morgan fingerprint density at radius 2 is 0.804 bits per heavy atom. The van der Waals surface area contributed by atoms with Gasteiger partial charge in [-0.1, -0.05) is 170 Å². The van der Waals surface area contributed by atoms with E-state index in [1.165, 1.54) is 76.4 Å². The highest BCUT2D eigenvalue weighted by molar-refractivity contribution is 6.23. The second kappa shape index (κ2) is 13.2. The first-order valence-corrected chi connectivity index (χ1v) is 19.3. The average Bonchev–Trinajstić information content (AvgIpc) is 3.63. The minimum atomic E-state index is 1.10. The lowest BCUT2D eigenvalue weighted by atomic mass is 9.97. The molecule has 56 heavy (non-hydrogen) atoms. The van der Waals surface area contributed by atoms with E-state index in [0.717, 1.165) is 22.7 Å². The lowest BCUT2D eigenvalue weighted by molar-refractivity contribution is 1.18. The maximum atomic E-state index is 2.45.